The molecule has 0 fully saturated rings. The van der Waals surface area contributed by atoms with E-state index in [1.54, 1.807) is 43.6 Å². The standard InChI is InChI=1S/C19H19N3O6/c1-20-15-4-3-5-16(18(15)22(25)26)28-13-6-7-14-12(10-13)11-21(19(14)24)9-8-17(23)27-2/h3-7,10-11,20,24H,8-9H2,1-2H3. The van der Waals surface area contributed by atoms with Crippen LogP contribution in [0.4, 0.5) is 11.4 Å². The number of benzene rings is 2. The minimum Gasteiger partial charge on any atom is -0.494 e. The van der Waals surface area contributed by atoms with Gasteiger partial charge in [0.1, 0.15) is 11.4 Å². The third-order valence-corrected chi connectivity index (χ3v) is 4.29. The SMILES string of the molecule is CNc1cccc(Oc2ccc3c(O)n(CCC(=O)OC)cc3c2)c1[N+](=O)[O-]. The van der Waals surface area contributed by atoms with Crippen LogP contribution >= 0.6 is 0 Å². The number of fused-ring (bicyclic) bond motifs is 1. The smallest absolute Gasteiger partial charge is 0.334 e. The average Bonchev–Trinajstić information content (AvgIpc) is 3.00. The number of nitro groups is 1. The van der Waals surface area contributed by atoms with Gasteiger partial charge in [0.05, 0.1) is 18.5 Å². The van der Waals surface area contributed by atoms with E-state index in [1.165, 1.54) is 17.7 Å². The second kappa shape index (κ2) is 7.87. The van der Waals surface area contributed by atoms with Crippen molar-refractivity contribution in [3.8, 4) is 17.4 Å². The number of nitro benzene ring substituents is 1. The minimum absolute atomic E-state index is 0.0219. The predicted molar refractivity (Wildman–Crippen MR) is 103 cm³/mol. The molecule has 0 atom stereocenters. The van der Waals surface area contributed by atoms with Gasteiger partial charge in [0, 0.05) is 30.6 Å². The van der Waals surface area contributed by atoms with Crippen molar-refractivity contribution in [3.05, 3.63) is 52.7 Å². The van der Waals surface area contributed by atoms with E-state index >= 15 is 0 Å². The first kappa shape index (κ1) is 19.0. The summed E-state index contributed by atoms with van der Waals surface area (Å²) in [7, 11) is 2.90. The average molecular weight is 385 g/mol. The van der Waals surface area contributed by atoms with Gasteiger partial charge in [0.25, 0.3) is 0 Å². The van der Waals surface area contributed by atoms with E-state index in [9.17, 15) is 20.0 Å². The van der Waals surface area contributed by atoms with Gasteiger partial charge in [-0.25, -0.2) is 0 Å². The van der Waals surface area contributed by atoms with Gasteiger partial charge in [-0.15, -0.1) is 0 Å². The zero-order valence-electron chi connectivity index (χ0n) is 15.3. The molecule has 0 unspecified atom stereocenters. The summed E-state index contributed by atoms with van der Waals surface area (Å²) in [5, 5.41) is 25.8. The van der Waals surface area contributed by atoms with Crippen LogP contribution < -0.4 is 10.1 Å². The highest BCUT2D eigenvalue weighted by Gasteiger charge is 2.21. The van der Waals surface area contributed by atoms with Crippen molar-refractivity contribution in [1.82, 2.24) is 4.57 Å². The van der Waals surface area contributed by atoms with E-state index < -0.39 is 4.92 Å². The van der Waals surface area contributed by atoms with Crippen molar-refractivity contribution in [3.63, 3.8) is 0 Å². The molecule has 0 aliphatic heterocycles. The molecular weight excluding hydrogens is 366 g/mol. The van der Waals surface area contributed by atoms with Gasteiger partial charge in [-0.05, 0) is 30.3 Å². The number of aromatic hydroxyl groups is 1. The lowest BCUT2D eigenvalue weighted by atomic mass is 10.2. The number of methoxy groups -OCH3 is 1. The summed E-state index contributed by atoms with van der Waals surface area (Å²) in [6, 6.07) is 9.70. The van der Waals surface area contributed by atoms with Crippen molar-refractivity contribution in [2.75, 3.05) is 19.5 Å². The van der Waals surface area contributed by atoms with Crippen LogP contribution in [-0.2, 0) is 16.1 Å². The van der Waals surface area contributed by atoms with E-state index in [-0.39, 0.29) is 36.3 Å². The van der Waals surface area contributed by atoms with Gasteiger partial charge in [0.15, 0.2) is 5.88 Å². The first-order chi connectivity index (χ1) is 13.4. The molecule has 28 heavy (non-hydrogen) atoms. The number of carbonyl (C=O) groups is 1. The van der Waals surface area contributed by atoms with Gasteiger partial charge in [-0.3, -0.25) is 14.9 Å². The summed E-state index contributed by atoms with van der Waals surface area (Å²) in [6.45, 7) is 0.263. The molecule has 0 saturated carbocycles. The largest absolute Gasteiger partial charge is 0.494 e. The van der Waals surface area contributed by atoms with E-state index in [0.29, 0.717) is 22.2 Å². The lowest BCUT2D eigenvalue weighted by molar-refractivity contribution is -0.384. The van der Waals surface area contributed by atoms with Crippen molar-refractivity contribution >= 4 is 28.1 Å². The Hall–Kier alpha value is -3.75. The van der Waals surface area contributed by atoms with Gasteiger partial charge in [-0.1, -0.05) is 6.07 Å². The number of rotatable bonds is 7. The molecule has 0 amide bonds. The number of esters is 1. The molecule has 3 aromatic rings. The second-order valence-electron chi connectivity index (χ2n) is 5.98. The molecule has 1 heterocycles. The number of carbonyl (C=O) groups excluding carboxylic acids is 1. The molecule has 3 rings (SSSR count). The van der Waals surface area contributed by atoms with E-state index in [2.05, 4.69) is 10.1 Å². The second-order valence-corrected chi connectivity index (χ2v) is 5.98. The number of aromatic nitrogens is 1. The third-order valence-electron chi connectivity index (χ3n) is 4.29. The maximum absolute atomic E-state index is 11.4. The normalized spacial score (nSPS) is 10.6. The molecule has 0 aliphatic carbocycles. The molecule has 2 N–H and O–H groups in total. The highest BCUT2D eigenvalue weighted by molar-refractivity contribution is 5.89. The summed E-state index contributed by atoms with van der Waals surface area (Å²) < 4.78 is 11.9. The van der Waals surface area contributed by atoms with Crippen molar-refractivity contribution in [2.45, 2.75) is 13.0 Å². The fraction of sp³-hybridized carbons (Fsp3) is 0.211. The quantitative estimate of drug-likeness (QED) is 0.362. The maximum Gasteiger partial charge on any atom is 0.334 e. The van der Waals surface area contributed by atoms with E-state index in [4.69, 9.17) is 4.74 Å². The lowest BCUT2D eigenvalue weighted by Crippen LogP contribution is -2.05. The highest BCUT2D eigenvalue weighted by atomic mass is 16.6. The van der Waals surface area contributed by atoms with Gasteiger partial charge >= 0.3 is 11.7 Å². The summed E-state index contributed by atoms with van der Waals surface area (Å²) in [4.78, 5) is 22.2. The highest BCUT2D eigenvalue weighted by Crippen LogP contribution is 2.38. The summed E-state index contributed by atoms with van der Waals surface area (Å²) in [5.41, 5.74) is 0.179. The predicted octanol–water partition coefficient (Wildman–Crippen LogP) is 3.65. The van der Waals surface area contributed by atoms with E-state index in [1.807, 2.05) is 0 Å². The number of nitrogens with zero attached hydrogens (tertiary/aromatic N) is 2. The van der Waals surface area contributed by atoms with Crippen molar-refractivity contribution < 1.29 is 24.3 Å². The van der Waals surface area contributed by atoms with Gasteiger partial charge in [0.2, 0.25) is 5.75 Å². The number of hydrogen-bond acceptors (Lipinski definition) is 7. The fourth-order valence-corrected chi connectivity index (χ4v) is 2.90. The molecule has 0 spiro atoms. The van der Waals surface area contributed by atoms with Crippen LogP contribution in [0.15, 0.2) is 42.6 Å². The molecule has 9 nitrogen and oxygen atoms in total. The van der Waals surface area contributed by atoms with Crippen LogP contribution in [0.2, 0.25) is 0 Å². The Morgan fingerprint density at radius 3 is 2.79 bits per heavy atom. The Kier molecular flexibility index (Phi) is 5.35. The van der Waals surface area contributed by atoms with Gasteiger partial charge < -0.3 is 24.5 Å². The molecule has 0 saturated heterocycles. The fourth-order valence-electron chi connectivity index (χ4n) is 2.90. The zero-order chi connectivity index (χ0) is 20.3. The Labute approximate surface area is 160 Å². The van der Waals surface area contributed by atoms with Crippen LogP contribution in [0.25, 0.3) is 10.8 Å². The Balaban J connectivity index is 1.91. The van der Waals surface area contributed by atoms with Crippen molar-refractivity contribution in [1.29, 1.82) is 0 Å². The Morgan fingerprint density at radius 1 is 1.32 bits per heavy atom. The molecule has 0 bridgehead atoms. The number of nitrogens with one attached hydrogen (secondary N) is 1. The third kappa shape index (κ3) is 3.68. The number of anilines is 1. The molecule has 146 valence electrons. The Bertz CT molecular complexity index is 1040. The van der Waals surface area contributed by atoms with Crippen LogP contribution in [0.1, 0.15) is 6.42 Å². The maximum atomic E-state index is 11.4. The monoisotopic (exact) mass is 385 g/mol. The number of aryl methyl sites for hydroxylation is 1. The summed E-state index contributed by atoms with van der Waals surface area (Å²) in [5.74, 6) is 0.131. The number of para-hydroxylation sites is 1. The lowest BCUT2D eigenvalue weighted by Gasteiger charge is -2.09. The van der Waals surface area contributed by atoms with Crippen LogP contribution in [0.5, 0.6) is 17.4 Å². The van der Waals surface area contributed by atoms with Crippen LogP contribution in [-0.4, -0.2) is 34.7 Å². The van der Waals surface area contributed by atoms with Crippen LogP contribution in [0.3, 0.4) is 0 Å². The van der Waals surface area contributed by atoms with Gasteiger partial charge in [-0.2, -0.15) is 0 Å². The molecular formula is C19H19N3O6. The zero-order valence-corrected chi connectivity index (χ0v) is 15.3. The minimum atomic E-state index is -0.505. The molecule has 1 aromatic heterocycles. The first-order valence-electron chi connectivity index (χ1n) is 8.46. The Morgan fingerprint density at radius 2 is 2.11 bits per heavy atom. The first-order valence-corrected chi connectivity index (χ1v) is 8.46. The number of hydrogen-bond donors (Lipinski definition) is 2. The van der Waals surface area contributed by atoms with Crippen LogP contribution in [0, 0.1) is 10.1 Å². The number of ether oxygens (including phenoxy) is 2. The molecule has 0 aliphatic rings. The molecule has 9 heteroatoms. The summed E-state index contributed by atoms with van der Waals surface area (Å²) in [6.07, 6.45) is 1.80. The van der Waals surface area contributed by atoms with Crippen molar-refractivity contribution in [2.24, 2.45) is 0 Å². The summed E-state index contributed by atoms with van der Waals surface area (Å²) >= 11 is 0. The molecule has 0 radical (unpaired) electrons. The van der Waals surface area contributed by atoms with E-state index in [0.717, 1.165) is 0 Å². The topological polar surface area (TPSA) is 116 Å². The molecule has 2 aromatic carbocycles.